The molecule has 0 radical (unpaired) electrons. The number of rotatable bonds is 3. The summed E-state index contributed by atoms with van der Waals surface area (Å²) in [6.07, 6.45) is 3.47. The summed E-state index contributed by atoms with van der Waals surface area (Å²) in [5.74, 6) is -1.75. The van der Waals surface area contributed by atoms with Gasteiger partial charge in [0, 0.05) is 11.6 Å². The Morgan fingerprint density at radius 2 is 2.06 bits per heavy atom. The van der Waals surface area contributed by atoms with Crippen LogP contribution in [0.4, 0.5) is 8.78 Å². The van der Waals surface area contributed by atoms with Gasteiger partial charge < -0.3 is 10.2 Å². The zero-order valence-corrected chi connectivity index (χ0v) is 8.49. The zero-order chi connectivity index (χ0) is 11.5. The lowest BCUT2D eigenvalue weighted by molar-refractivity contribution is 0.487. The van der Waals surface area contributed by atoms with Crippen LogP contribution in [-0.4, -0.2) is 0 Å². The highest BCUT2D eigenvalue weighted by Gasteiger charge is 2.15. The minimum Gasteiger partial charge on any atom is -0.472 e. The summed E-state index contributed by atoms with van der Waals surface area (Å²) in [7, 11) is 0. The molecule has 1 unspecified atom stereocenters. The van der Waals surface area contributed by atoms with Crippen molar-refractivity contribution < 1.29 is 13.2 Å². The zero-order valence-electron chi connectivity index (χ0n) is 8.49. The van der Waals surface area contributed by atoms with Gasteiger partial charge in [0.25, 0.3) is 0 Å². The van der Waals surface area contributed by atoms with E-state index in [1.165, 1.54) is 24.7 Å². The van der Waals surface area contributed by atoms with E-state index in [0.29, 0.717) is 6.42 Å². The third-order valence-corrected chi connectivity index (χ3v) is 2.42. The summed E-state index contributed by atoms with van der Waals surface area (Å²) in [5, 5.41) is 0. The Bertz CT molecular complexity index is 468. The minimum absolute atomic E-state index is 0.182. The van der Waals surface area contributed by atoms with Crippen molar-refractivity contribution >= 4 is 0 Å². The lowest BCUT2D eigenvalue weighted by atomic mass is 10.0. The third kappa shape index (κ3) is 2.12. The van der Waals surface area contributed by atoms with Gasteiger partial charge in [0.15, 0.2) is 11.6 Å². The van der Waals surface area contributed by atoms with Crippen molar-refractivity contribution in [3.8, 4) is 0 Å². The number of hydrogen-bond donors (Lipinski definition) is 1. The van der Waals surface area contributed by atoms with Gasteiger partial charge in [-0.3, -0.25) is 0 Å². The highest BCUT2D eigenvalue weighted by atomic mass is 19.2. The predicted octanol–water partition coefficient (Wildman–Crippen LogP) is 2.80. The highest BCUT2D eigenvalue weighted by molar-refractivity contribution is 5.24. The molecule has 16 heavy (non-hydrogen) atoms. The summed E-state index contributed by atoms with van der Waals surface area (Å²) in [5.41, 5.74) is 6.85. The smallest absolute Gasteiger partial charge is 0.163 e. The summed E-state index contributed by atoms with van der Waals surface area (Å²) in [6, 6.07) is 5.18. The molecular formula is C12H11F2NO. The monoisotopic (exact) mass is 223 g/mol. The van der Waals surface area contributed by atoms with Crippen molar-refractivity contribution in [3.63, 3.8) is 0 Å². The fourth-order valence-corrected chi connectivity index (χ4v) is 1.58. The van der Waals surface area contributed by atoms with E-state index in [-0.39, 0.29) is 5.56 Å². The molecule has 1 atom stereocenters. The van der Waals surface area contributed by atoms with Gasteiger partial charge in [0.05, 0.1) is 12.5 Å². The van der Waals surface area contributed by atoms with Crippen molar-refractivity contribution in [3.05, 3.63) is 59.6 Å². The maximum atomic E-state index is 13.4. The van der Waals surface area contributed by atoms with E-state index in [2.05, 4.69) is 0 Å². The van der Waals surface area contributed by atoms with Crippen LogP contribution in [0, 0.1) is 11.6 Å². The number of hydrogen-bond acceptors (Lipinski definition) is 2. The van der Waals surface area contributed by atoms with Crippen molar-refractivity contribution in [2.24, 2.45) is 5.73 Å². The van der Waals surface area contributed by atoms with Gasteiger partial charge in [-0.15, -0.1) is 0 Å². The molecule has 0 saturated heterocycles. The Labute approximate surface area is 91.7 Å². The van der Waals surface area contributed by atoms with Crippen LogP contribution in [0.5, 0.6) is 0 Å². The maximum absolute atomic E-state index is 13.4. The molecule has 2 nitrogen and oxygen atoms in total. The molecule has 2 aromatic rings. The lowest BCUT2D eigenvalue weighted by Crippen LogP contribution is -2.15. The standard InChI is InChI=1S/C12H11F2NO/c13-10-3-1-2-9(12(10)14)11(15)6-8-4-5-16-7-8/h1-5,7,11H,6,15H2. The molecule has 2 rings (SSSR count). The molecule has 0 aliphatic heterocycles. The van der Waals surface area contributed by atoms with Gasteiger partial charge in [0.2, 0.25) is 0 Å². The minimum atomic E-state index is -0.876. The lowest BCUT2D eigenvalue weighted by Gasteiger charge is -2.11. The van der Waals surface area contributed by atoms with E-state index in [9.17, 15) is 8.78 Å². The Morgan fingerprint density at radius 1 is 1.25 bits per heavy atom. The summed E-state index contributed by atoms with van der Waals surface area (Å²) < 4.78 is 31.3. The quantitative estimate of drug-likeness (QED) is 0.868. The molecule has 1 aromatic carbocycles. The van der Waals surface area contributed by atoms with E-state index in [1.807, 2.05) is 0 Å². The van der Waals surface area contributed by atoms with Crippen LogP contribution in [0.1, 0.15) is 17.2 Å². The number of nitrogens with two attached hydrogens (primary N) is 1. The van der Waals surface area contributed by atoms with Crippen molar-refractivity contribution in [1.82, 2.24) is 0 Å². The molecule has 0 aliphatic carbocycles. The fraction of sp³-hybridized carbons (Fsp3) is 0.167. The first-order valence-corrected chi connectivity index (χ1v) is 4.89. The van der Waals surface area contributed by atoms with Gasteiger partial charge in [-0.1, -0.05) is 12.1 Å². The Kier molecular flexibility index (Phi) is 3.01. The molecular weight excluding hydrogens is 212 g/mol. The average Bonchev–Trinajstić information content (AvgIpc) is 2.74. The SMILES string of the molecule is NC(Cc1ccoc1)c1cccc(F)c1F. The largest absolute Gasteiger partial charge is 0.472 e. The second kappa shape index (κ2) is 4.45. The van der Waals surface area contributed by atoms with Gasteiger partial charge in [-0.2, -0.15) is 0 Å². The van der Waals surface area contributed by atoms with E-state index in [0.717, 1.165) is 11.6 Å². The summed E-state index contributed by atoms with van der Waals surface area (Å²) in [4.78, 5) is 0. The van der Waals surface area contributed by atoms with Crippen molar-refractivity contribution in [1.29, 1.82) is 0 Å². The van der Waals surface area contributed by atoms with E-state index in [4.69, 9.17) is 10.2 Å². The first kappa shape index (κ1) is 10.8. The van der Waals surface area contributed by atoms with Crippen molar-refractivity contribution in [2.75, 3.05) is 0 Å². The normalized spacial score (nSPS) is 12.7. The van der Waals surface area contributed by atoms with Crippen LogP contribution in [0.2, 0.25) is 0 Å². The van der Waals surface area contributed by atoms with E-state index in [1.54, 1.807) is 6.07 Å². The molecule has 0 bridgehead atoms. The molecule has 0 saturated carbocycles. The van der Waals surface area contributed by atoms with Gasteiger partial charge in [0.1, 0.15) is 0 Å². The molecule has 0 spiro atoms. The van der Waals surface area contributed by atoms with Crippen LogP contribution in [0.15, 0.2) is 41.2 Å². The second-order valence-corrected chi connectivity index (χ2v) is 3.59. The molecule has 0 amide bonds. The fourth-order valence-electron chi connectivity index (χ4n) is 1.58. The maximum Gasteiger partial charge on any atom is 0.163 e. The topological polar surface area (TPSA) is 39.2 Å². The number of benzene rings is 1. The van der Waals surface area contributed by atoms with Gasteiger partial charge in [-0.05, 0) is 24.1 Å². The first-order valence-electron chi connectivity index (χ1n) is 4.89. The molecule has 84 valence electrons. The molecule has 0 aliphatic rings. The summed E-state index contributed by atoms with van der Waals surface area (Å²) in [6.45, 7) is 0. The van der Waals surface area contributed by atoms with Crippen LogP contribution >= 0.6 is 0 Å². The predicted molar refractivity (Wildman–Crippen MR) is 55.7 cm³/mol. The van der Waals surface area contributed by atoms with E-state index < -0.39 is 17.7 Å². The molecule has 1 heterocycles. The van der Waals surface area contributed by atoms with Crippen molar-refractivity contribution in [2.45, 2.75) is 12.5 Å². The molecule has 1 aromatic heterocycles. The van der Waals surface area contributed by atoms with Crippen LogP contribution in [-0.2, 0) is 6.42 Å². The van der Waals surface area contributed by atoms with Crippen LogP contribution in [0.3, 0.4) is 0 Å². The third-order valence-electron chi connectivity index (χ3n) is 2.42. The Morgan fingerprint density at radius 3 is 2.75 bits per heavy atom. The number of halogens is 2. The summed E-state index contributed by atoms with van der Waals surface area (Å²) >= 11 is 0. The van der Waals surface area contributed by atoms with Crippen LogP contribution < -0.4 is 5.73 Å². The second-order valence-electron chi connectivity index (χ2n) is 3.59. The van der Waals surface area contributed by atoms with Gasteiger partial charge >= 0.3 is 0 Å². The average molecular weight is 223 g/mol. The Hall–Kier alpha value is -1.68. The Balaban J connectivity index is 2.21. The molecule has 0 fully saturated rings. The highest BCUT2D eigenvalue weighted by Crippen LogP contribution is 2.20. The van der Waals surface area contributed by atoms with Crippen LogP contribution in [0.25, 0.3) is 0 Å². The molecule has 2 N–H and O–H groups in total. The van der Waals surface area contributed by atoms with Gasteiger partial charge in [-0.25, -0.2) is 8.78 Å². The van der Waals surface area contributed by atoms with E-state index >= 15 is 0 Å². The number of furan rings is 1. The molecule has 4 heteroatoms. The first-order chi connectivity index (χ1) is 7.68.